The van der Waals surface area contributed by atoms with Gasteiger partial charge >= 0.3 is 0 Å². The number of thiazole rings is 1. The predicted molar refractivity (Wildman–Crippen MR) is 84.8 cm³/mol. The Labute approximate surface area is 135 Å². The van der Waals surface area contributed by atoms with Gasteiger partial charge in [-0.2, -0.15) is 0 Å². The van der Waals surface area contributed by atoms with Crippen LogP contribution in [0.4, 0.5) is 20.2 Å². The van der Waals surface area contributed by atoms with Gasteiger partial charge < -0.3 is 10.6 Å². The van der Waals surface area contributed by atoms with Gasteiger partial charge in [0, 0.05) is 18.4 Å². The summed E-state index contributed by atoms with van der Waals surface area (Å²) in [4.78, 5) is 27.3. The van der Waals surface area contributed by atoms with Crippen LogP contribution in [-0.2, 0) is 4.79 Å². The topological polar surface area (TPSA) is 71.1 Å². The maximum atomic E-state index is 13.8. The Morgan fingerprint density at radius 3 is 2.26 bits per heavy atom. The quantitative estimate of drug-likeness (QED) is 0.891. The van der Waals surface area contributed by atoms with Crippen molar-refractivity contribution in [2.24, 2.45) is 0 Å². The van der Waals surface area contributed by atoms with Crippen LogP contribution in [0.25, 0.3) is 0 Å². The molecule has 2 N–H and O–H groups in total. The first-order valence-corrected chi connectivity index (χ1v) is 7.69. The number of anilines is 2. The molecular weight excluding hydrogens is 324 g/mol. The zero-order valence-corrected chi connectivity index (χ0v) is 13.6. The molecule has 0 radical (unpaired) electrons. The largest absolute Gasteiger partial charge is 0.324 e. The summed E-state index contributed by atoms with van der Waals surface area (Å²) < 4.78 is 27.4. The molecule has 0 saturated heterocycles. The van der Waals surface area contributed by atoms with E-state index in [0.717, 1.165) is 23.1 Å². The van der Waals surface area contributed by atoms with Crippen LogP contribution in [0, 0.1) is 11.6 Å². The zero-order chi connectivity index (χ0) is 17.1. The lowest BCUT2D eigenvalue weighted by Gasteiger charge is -2.09. The van der Waals surface area contributed by atoms with E-state index in [-0.39, 0.29) is 22.3 Å². The van der Waals surface area contributed by atoms with Crippen molar-refractivity contribution in [1.29, 1.82) is 0 Å². The lowest BCUT2D eigenvalue weighted by molar-refractivity contribution is -0.114. The number of rotatable bonds is 4. The van der Waals surface area contributed by atoms with Crippen molar-refractivity contribution in [3.8, 4) is 0 Å². The van der Waals surface area contributed by atoms with E-state index in [2.05, 4.69) is 15.6 Å². The molecular formula is C15H15F2N3O2S. The first-order valence-electron chi connectivity index (χ1n) is 6.81. The van der Waals surface area contributed by atoms with Crippen LogP contribution in [0.5, 0.6) is 0 Å². The second-order valence-electron chi connectivity index (χ2n) is 5.18. The van der Waals surface area contributed by atoms with Crippen molar-refractivity contribution < 1.29 is 18.4 Å². The molecule has 0 saturated carbocycles. The third kappa shape index (κ3) is 4.10. The molecule has 0 unspecified atom stereocenters. The first-order chi connectivity index (χ1) is 10.8. The van der Waals surface area contributed by atoms with E-state index >= 15 is 0 Å². The van der Waals surface area contributed by atoms with Gasteiger partial charge in [-0.1, -0.05) is 13.8 Å². The summed E-state index contributed by atoms with van der Waals surface area (Å²) >= 11 is 1.14. The maximum absolute atomic E-state index is 13.8. The van der Waals surface area contributed by atoms with Crippen molar-refractivity contribution in [2.45, 2.75) is 26.7 Å². The Morgan fingerprint density at radius 2 is 1.74 bits per heavy atom. The number of benzene rings is 1. The fraction of sp³-hybridized carbons (Fsp3) is 0.267. The molecule has 2 amide bonds. The third-order valence-electron chi connectivity index (χ3n) is 2.92. The molecule has 0 aliphatic carbocycles. The highest BCUT2D eigenvalue weighted by molar-refractivity contribution is 7.11. The van der Waals surface area contributed by atoms with E-state index in [1.165, 1.54) is 6.92 Å². The Bertz CT molecular complexity index is 759. The van der Waals surface area contributed by atoms with E-state index in [1.807, 2.05) is 13.8 Å². The highest BCUT2D eigenvalue weighted by atomic mass is 32.1. The van der Waals surface area contributed by atoms with E-state index in [0.29, 0.717) is 6.07 Å². The highest BCUT2D eigenvalue weighted by Crippen LogP contribution is 2.25. The minimum absolute atomic E-state index is 0.168. The molecule has 2 rings (SSSR count). The van der Waals surface area contributed by atoms with Crippen molar-refractivity contribution >= 4 is 34.5 Å². The lowest BCUT2D eigenvalue weighted by atomic mass is 10.2. The van der Waals surface area contributed by atoms with Crippen LogP contribution in [0.1, 0.15) is 42.2 Å². The molecule has 5 nitrogen and oxygen atoms in total. The fourth-order valence-corrected chi connectivity index (χ4v) is 2.64. The zero-order valence-electron chi connectivity index (χ0n) is 12.7. The van der Waals surface area contributed by atoms with Crippen molar-refractivity contribution in [3.63, 3.8) is 0 Å². The smallest absolute Gasteiger partial charge is 0.284 e. The second kappa shape index (κ2) is 6.82. The third-order valence-corrected chi connectivity index (χ3v) is 3.78. The van der Waals surface area contributed by atoms with E-state index in [4.69, 9.17) is 0 Å². The molecule has 0 atom stereocenters. The average molecular weight is 339 g/mol. The van der Waals surface area contributed by atoms with Crippen LogP contribution >= 0.6 is 11.3 Å². The van der Waals surface area contributed by atoms with E-state index in [1.54, 1.807) is 5.38 Å². The summed E-state index contributed by atoms with van der Waals surface area (Å²) in [7, 11) is 0. The number of carbonyl (C=O) groups excluding carboxylic acids is 2. The summed E-state index contributed by atoms with van der Waals surface area (Å²) in [6, 6.07) is 1.63. The van der Waals surface area contributed by atoms with Gasteiger partial charge in [-0.15, -0.1) is 11.3 Å². The molecule has 1 heterocycles. The van der Waals surface area contributed by atoms with Crippen LogP contribution in [-0.4, -0.2) is 16.8 Å². The summed E-state index contributed by atoms with van der Waals surface area (Å²) in [6.45, 7) is 5.08. The molecule has 0 spiro atoms. The first kappa shape index (κ1) is 17.0. The molecule has 0 fully saturated rings. The molecule has 122 valence electrons. The summed E-state index contributed by atoms with van der Waals surface area (Å²) in [6.07, 6.45) is 0. The predicted octanol–water partition coefficient (Wildman–Crippen LogP) is 3.76. The van der Waals surface area contributed by atoms with Gasteiger partial charge in [0.15, 0.2) is 5.01 Å². The molecule has 23 heavy (non-hydrogen) atoms. The molecule has 0 bridgehead atoms. The minimum atomic E-state index is -0.939. The van der Waals surface area contributed by atoms with Crippen molar-refractivity contribution in [1.82, 2.24) is 4.98 Å². The van der Waals surface area contributed by atoms with Crippen molar-refractivity contribution in [3.05, 3.63) is 39.8 Å². The SMILES string of the molecule is CC(=O)Nc1cc(NC(=O)c2nc(C(C)C)cs2)c(F)cc1F. The van der Waals surface area contributed by atoms with Crippen molar-refractivity contribution in [2.75, 3.05) is 10.6 Å². The molecule has 1 aromatic heterocycles. The molecule has 0 aliphatic heterocycles. The number of amides is 2. The Hall–Kier alpha value is -2.35. The van der Waals surface area contributed by atoms with E-state index < -0.39 is 23.4 Å². The van der Waals surface area contributed by atoms with Crippen LogP contribution < -0.4 is 10.6 Å². The number of halogens is 2. The average Bonchev–Trinajstić information content (AvgIpc) is 2.93. The summed E-state index contributed by atoms with van der Waals surface area (Å²) in [5.41, 5.74) is 0.316. The van der Waals surface area contributed by atoms with Gasteiger partial charge in [-0.25, -0.2) is 13.8 Å². The molecule has 2 aromatic rings. The fourth-order valence-electron chi connectivity index (χ4n) is 1.76. The minimum Gasteiger partial charge on any atom is -0.324 e. The Morgan fingerprint density at radius 1 is 1.13 bits per heavy atom. The number of aromatic nitrogens is 1. The van der Waals surface area contributed by atoms with Gasteiger partial charge in [0.05, 0.1) is 17.1 Å². The number of nitrogens with zero attached hydrogens (tertiary/aromatic N) is 1. The van der Waals surface area contributed by atoms with Crippen LogP contribution in [0.15, 0.2) is 17.5 Å². The number of hydrogen-bond acceptors (Lipinski definition) is 4. The molecule has 8 heteroatoms. The summed E-state index contributed by atoms with van der Waals surface area (Å²) in [5, 5.41) is 6.50. The molecule has 1 aromatic carbocycles. The molecule has 0 aliphatic rings. The Kier molecular flexibility index (Phi) is 5.05. The van der Waals surface area contributed by atoms with Crippen LogP contribution in [0.2, 0.25) is 0 Å². The number of hydrogen-bond donors (Lipinski definition) is 2. The second-order valence-corrected chi connectivity index (χ2v) is 6.04. The number of nitrogens with one attached hydrogen (secondary N) is 2. The lowest BCUT2D eigenvalue weighted by Crippen LogP contribution is -2.14. The number of carbonyl (C=O) groups is 2. The van der Waals surface area contributed by atoms with Gasteiger partial charge in [-0.05, 0) is 12.0 Å². The normalized spacial score (nSPS) is 10.7. The monoisotopic (exact) mass is 339 g/mol. The highest BCUT2D eigenvalue weighted by Gasteiger charge is 2.17. The van der Waals surface area contributed by atoms with E-state index in [9.17, 15) is 18.4 Å². The summed E-state index contributed by atoms with van der Waals surface area (Å²) in [5.74, 6) is -2.80. The van der Waals surface area contributed by atoms with Crippen LogP contribution in [0.3, 0.4) is 0 Å². The van der Waals surface area contributed by atoms with Gasteiger partial charge in [0.25, 0.3) is 5.91 Å². The standard InChI is InChI=1S/C15H15F2N3O2S/c1-7(2)13-6-23-15(20-13)14(22)19-12-5-11(18-8(3)21)9(16)4-10(12)17/h4-7H,1-3H3,(H,18,21)(H,19,22). The maximum Gasteiger partial charge on any atom is 0.284 e. The van der Waals surface area contributed by atoms with Gasteiger partial charge in [0.2, 0.25) is 5.91 Å². The van der Waals surface area contributed by atoms with Gasteiger partial charge in [0.1, 0.15) is 11.6 Å². The van der Waals surface area contributed by atoms with Gasteiger partial charge in [-0.3, -0.25) is 9.59 Å². The Balaban J connectivity index is 2.24.